The fraction of sp³-hybridized carbons (Fsp3) is 0.259. The molecule has 34 heavy (non-hydrogen) atoms. The van der Waals surface area contributed by atoms with E-state index in [0.717, 1.165) is 47.6 Å². The third kappa shape index (κ3) is 4.89. The molecule has 0 atom stereocenters. The highest BCUT2D eigenvalue weighted by Crippen LogP contribution is 2.47. The van der Waals surface area contributed by atoms with Gasteiger partial charge in [0.1, 0.15) is 0 Å². The molecule has 174 valence electrons. The van der Waals surface area contributed by atoms with Crippen LogP contribution < -0.4 is 20.1 Å². The van der Waals surface area contributed by atoms with Crippen molar-refractivity contribution in [3.05, 3.63) is 77.9 Å². The Hall–Kier alpha value is -3.45. The van der Waals surface area contributed by atoms with E-state index in [1.165, 1.54) is 11.8 Å². The van der Waals surface area contributed by atoms with E-state index in [0.29, 0.717) is 17.0 Å². The fourth-order valence-corrected chi connectivity index (χ4v) is 5.09. The number of hydrogen-bond donors (Lipinski definition) is 2. The number of ether oxygens (including phenoxy) is 2. The molecular formula is C27H26N2O4S. The second-order valence-corrected chi connectivity index (χ2v) is 9.65. The van der Waals surface area contributed by atoms with E-state index < -0.39 is 5.79 Å². The zero-order valence-corrected chi connectivity index (χ0v) is 19.7. The van der Waals surface area contributed by atoms with Crippen molar-refractivity contribution in [2.45, 2.75) is 43.3 Å². The van der Waals surface area contributed by atoms with Crippen molar-refractivity contribution in [3.63, 3.8) is 0 Å². The van der Waals surface area contributed by atoms with Crippen molar-refractivity contribution < 1.29 is 19.1 Å². The van der Waals surface area contributed by atoms with Crippen LogP contribution in [0.1, 0.15) is 41.6 Å². The lowest BCUT2D eigenvalue weighted by molar-refractivity contribution is -0.113. The molecule has 1 fully saturated rings. The van der Waals surface area contributed by atoms with E-state index in [1.54, 1.807) is 6.07 Å². The van der Waals surface area contributed by atoms with Gasteiger partial charge in [-0.2, -0.15) is 0 Å². The molecule has 3 aromatic carbocycles. The minimum Gasteiger partial charge on any atom is -0.448 e. The highest BCUT2D eigenvalue weighted by Gasteiger charge is 2.44. The van der Waals surface area contributed by atoms with Gasteiger partial charge in [-0.3, -0.25) is 9.59 Å². The van der Waals surface area contributed by atoms with Crippen LogP contribution >= 0.6 is 11.8 Å². The van der Waals surface area contributed by atoms with Gasteiger partial charge in [0.2, 0.25) is 5.91 Å². The van der Waals surface area contributed by atoms with Crippen LogP contribution in [-0.2, 0) is 4.79 Å². The first kappa shape index (κ1) is 22.3. The summed E-state index contributed by atoms with van der Waals surface area (Å²) in [6, 6.07) is 20.4. The Morgan fingerprint density at radius 2 is 1.59 bits per heavy atom. The van der Waals surface area contributed by atoms with Gasteiger partial charge in [0.05, 0.1) is 11.3 Å². The Kier molecular flexibility index (Phi) is 6.20. The van der Waals surface area contributed by atoms with Gasteiger partial charge in [0.15, 0.2) is 11.5 Å². The number of amides is 2. The standard InChI is InChI=1S/C27H26N2O4S/c1-18-8-10-19(11-9-18)28-25(30)17-34-24-7-3-2-6-21(24)26(31)29-20-12-13-22-23(16-20)33-27(32-22)14-4-5-15-27/h2-3,6-13,16H,4-5,14-15,17H2,1H3,(H,28,30)(H,29,31). The van der Waals surface area contributed by atoms with Crippen LogP contribution in [0.4, 0.5) is 11.4 Å². The lowest BCUT2D eigenvalue weighted by atomic mass is 10.2. The molecule has 1 spiro atoms. The van der Waals surface area contributed by atoms with Crippen molar-refractivity contribution in [2.75, 3.05) is 16.4 Å². The van der Waals surface area contributed by atoms with Gasteiger partial charge in [0, 0.05) is 35.2 Å². The second-order valence-electron chi connectivity index (χ2n) is 8.64. The summed E-state index contributed by atoms with van der Waals surface area (Å²) in [5.74, 6) is 0.681. The second kappa shape index (κ2) is 9.43. The molecule has 2 N–H and O–H groups in total. The molecule has 1 aliphatic carbocycles. The molecule has 2 aliphatic rings. The number of fused-ring (bicyclic) bond motifs is 1. The molecular weight excluding hydrogens is 448 g/mol. The summed E-state index contributed by atoms with van der Waals surface area (Å²) in [6.07, 6.45) is 3.95. The van der Waals surface area contributed by atoms with E-state index in [-0.39, 0.29) is 17.6 Å². The quantitative estimate of drug-likeness (QED) is 0.427. The minimum atomic E-state index is -0.534. The van der Waals surface area contributed by atoms with Gasteiger partial charge in [-0.1, -0.05) is 29.8 Å². The van der Waals surface area contributed by atoms with E-state index in [9.17, 15) is 9.59 Å². The monoisotopic (exact) mass is 474 g/mol. The molecule has 2 amide bonds. The van der Waals surface area contributed by atoms with E-state index >= 15 is 0 Å². The topological polar surface area (TPSA) is 76.7 Å². The van der Waals surface area contributed by atoms with E-state index in [4.69, 9.17) is 9.47 Å². The van der Waals surface area contributed by atoms with Gasteiger partial charge in [-0.05, 0) is 56.2 Å². The Morgan fingerprint density at radius 1 is 0.882 bits per heavy atom. The van der Waals surface area contributed by atoms with Gasteiger partial charge in [0.25, 0.3) is 11.7 Å². The molecule has 3 aromatic rings. The number of hydrogen-bond acceptors (Lipinski definition) is 5. The fourth-order valence-electron chi connectivity index (χ4n) is 4.25. The molecule has 5 rings (SSSR count). The molecule has 1 heterocycles. The molecule has 0 bridgehead atoms. The van der Waals surface area contributed by atoms with Crippen molar-refractivity contribution in [1.29, 1.82) is 0 Å². The first-order chi connectivity index (χ1) is 16.5. The third-order valence-electron chi connectivity index (χ3n) is 5.98. The smallest absolute Gasteiger partial charge is 0.256 e. The first-order valence-electron chi connectivity index (χ1n) is 11.4. The van der Waals surface area contributed by atoms with Crippen molar-refractivity contribution >= 4 is 35.0 Å². The predicted octanol–water partition coefficient (Wildman–Crippen LogP) is 6.02. The largest absolute Gasteiger partial charge is 0.448 e. The van der Waals surface area contributed by atoms with Crippen LogP contribution in [0.15, 0.2) is 71.6 Å². The highest BCUT2D eigenvalue weighted by molar-refractivity contribution is 8.00. The highest BCUT2D eigenvalue weighted by atomic mass is 32.2. The summed E-state index contributed by atoms with van der Waals surface area (Å²) in [4.78, 5) is 26.2. The third-order valence-corrected chi connectivity index (χ3v) is 7.06. The van der Waals surface area contributed by atoms with Crippen LogP contribution in [0, 0.1) is 6.92 Å². The molecule has 1 aliphatic heterocycles. The minimum absolute atomic E-state index is 0.124. The number of carbonyl (C=O) groups excluding carboxylic acids is 2. The lowest BCUT2D eigenvalue weighted by Crippen LogP contribution is -2.34. The molecule has 0 unspecified atom stereocenters. The molecule has 6 nitrogen and oxygen atoms in total. The summed E-state index contributed by atoms with van der Waals surface area (Å²) < 4.78 is 12.2. The number of thioether (sulfide) groups is 1. The lowest BCUT2D eigenvalue weighted by Gasteiger charge is -2.21. The maximum absolute atomic E-state index is 13.1. The normalized spacial score (nSPS) is 15.3. The van der Waals surface area contributed by atoms with Gasteiger partial charge in [-0.15, -0.1) is 11.8 Å². The van der Waals surface area contributed by atoms with Crippen LogP contribution in [-0.4, -0.2) is 23.4 Å². The predicted molar refractivity (Wildman–Crippen MR) is 134 cm³/mol. The average molecular weight is 475 g/mol. The molecule has 7 heteroatoms. The van der Waals surface area contributed by atoms with Crippen LogP contribution in [0.2, 0.25) is 0 Å². The maximum Gasteiger partial charge on any atom is 0.256 e. The number of rotatable bonds is 6. The summed E-state index contributed by atoms with van der Waals surface area (Å²) in [5, 5.41) is 5.84. The van der Waals surface area contributed by atoms with Gasteiger partial charge < -0.3 is 20.1 Å². The number of nitrogens with one attached hydrogen (secondary N) is 2. The molecule has 1 saturated carbocycles. The van der Waals surface area contributed by atoms with Gasteiger partial charge in [-0.25, -0.2) is 0 Å². The van der Waals surface area contributed by atoms with E-state index in [2.05, 4.69) is 10.6 Å². The Balaban J connectivity index is 1.22. The van der Waals surface area contributed by atoms with Crippen molar-refractivity contribution in [1.82, 2.24) is 0 Å². The summed E-state index contributed by atoms with van der Waals surface area (Å²) in [7, 11) is 0. The van der Waals surface area contributed by atoms with Crippen LogP contribution in [0.25, 0.3) is 0 Å². The summed E-state index contributed by atoms with van der Waals surface area (Å²) in [6.45, 7) is 2.00. The van der Waals surface area contributed by atoms with Crippen molar-refractivity contribution in [3.8, 4) is 11.5 Å². The molecule has 0 aromatic heterocycles. The number of carbonyl (C=O) groups is 2. The average Bonchev–Trinajstić information content (AvgIpc) is 3.44. The number of anilines is 2. The first-order valence-corrected chi connectivity index (χ1v) is 12.4. The zero-order valence-electron chi connectivity index (χ0n) is 18.9. The van der Waals surface area contributed by atoms with Crippen LogP contribution in [0.3, 0.4) is 0 Å². The Morgan fingerprint density at radius 3 is 2.38 bits per heavy atom. The van der Waals surface area contributed by atoms with Crippen LogP contribution in [0.5, 0.6) is 11.5 Å². The maximum atomic E-state index is 13.1. The SMILES string of the molecule is Cc1ccc(NC(=O)CSc2ccccc2C(=O)Nc2ccc3c(c2)OC2(CCCC2)O3)cc1. The number of benzene rings is 3. The zero-order chi connectivity index (χ0) is 23.5. The number of aryl methyl sites for hydroxylation is 1. The van der Waals surface area contributed by atoms with Crippen molar-refractivity contribution in [2.24, 2.45) is 0 Å². The Labute approximate surface area is 203 Å². The Bertz CT molecular complexity index is 1220. The van der Waals surface area contributed by atoms with Gasteiger partial charge >= 0.3 is 0 Å². The summed E-state index contributed by atoms with van der Waals surface area (Å²) >= 11 is 1.33. The molecule has 0 radical (unpaired) electrons. The van der Waals surface area contributed by atoms with E-state index in [1.807, 2.05) is 67.6 Å². The molecule has 0 saturated heterocycles. The summed E-state index contributed by atoms with van der Waals surface area (Å²) in [5.41, 5.74) is 3.04.